The predicted octanol–water partition coefficient (Wildman–Crippen LogP) is 1.43. The second-order valence-electron chi connectivity index (χ2n) is 5.02. The van der Waals surface area contributed by atoms with E-state index in [4.69, 9.17) is 10.5 Å². The van der Waals surface area contributed by atoms with Crippen molar-refractivity contribution in [2.75, 3.05) is 26.7 Å². The van der Waals surface area contributed by atoms with Crippen molar-refractivity contribution < 1.29 is 9.53 Å². The molecule has 1 aromatic rings. The molecule has 0 radical (unpaired) electrons. The molecule has 1 aliphatic rings. The van der Waals surface area contributed by atoms with Crippen molar-refractivity contribution in [3.8, 4) is 5.75 Å². The highest BCUT2D eigenvalue weighted by Crippen LogP contribution is 2.17. The lowest BCUT2D eigenvalue weighted by Crippen LogP contribution is -2.38. The summed E-state index contributed by atoms with van der Waals surface area (Å²) in [5.41, 5.74) is 6.90. The molecule has 1 fully saturated rings. The Balaban J connectivity index is 1.99. The van der Waals surface area contributed by atoms with Crippen LogP contribution in [-0.2, 0) is 11.2 Å². The number of methoxy groups -OCH3 is 1. The molecular weight excluding hydrogens is 240 g/mol. The van der Waals surface area contributed by atoms with Crippen LogP contribution < -0.4 is 10.5 Å². The van der Waals surface area contributed by atoms with Crippen LogP contribution in [0, 0.1) is 5.92 Å². The standard InChI is InChI=1S/C15H22N2O2/c1-19-14-6-4-12(5-7-14)10-13(11-16)15(18)17-8-2-3-9-17/h4-7,13H,2-3,8-11,16H2,1H3. The lowest BCUT2D eigenvalue weighted by Gasteiger charge is -2.22. The van der Waals surface area contributed by atoms with Gasteiger partial charge < -0.3 is 15.4 Å². The molecule has 104 valence electrons. The van der Waals surface area contributed by atoms with Crippen LogP contribution in [0.3, 0.4) is 0 Å². The maximum atomic E-state index is 12.3. The highest BCUT2D eigenvalue weighted by molar-refractivity contribution is 5.79. The Labute approximate surface area is 114 Å². The number of hydrogen-bond acceptors (Lipinski definition) is 3. The largest absolute Gasteiger partial charge is 0.497 e. The van der Waals surface area contributed by atoms with Gasteiger partial charge in [0.1, 0.15) is 5.75 Å². The number of benzene rings is 1. The van der Waals surface area contributed by atoms with Gasteiger partial charge in [-0.25, -0.2) is 0 Å². The molecule has 1 aromatic carbocycles. The first-order valence-electron chi connectivity index (χ1n) is 6.86. The van der Waals surface area contributed by atoms with Crippen molar-refractivity contribution >= 4 is 5.91 Å². The molecule has 1 unspecified atom stereocenters. The number of nitrogens with zero attached hydrogens (tertiary/aromatic N) is 1. The first kappa shape index (κ1) is 13.9. The number of nitrogens with two attached hydrogens (primary N) is 1. The van der Waals surface area contributed by atoms with Crippen LogP contribution in [0.4, 0.5) is 0 Å². The fourth-order valence-electron chi connectivity index (χ4n) is 2.51. The minimum atomic E-state index is -0.105. The molecule has 0 aliphatic carbocycles. The zero-order chi connectivity index (χ0) is 13.7. The lowest BCUT2D eigenvalue weighted by atomic mass is 9.98. The highest BCUT2D eigenvalue weighted by atomic mass is 16.5. The molecule has 0 bridgehead atoms. The Kier molecular flexibility index (Phi) is 4.80. The van der Waals surface area contributed by atoms with Gasteiger partial charge in [-0.05, 0) is 37.0 Å². The van der Waals surface area contributed by atoms with Gasteiger partial charge in [-0.15, -0.1) is 0 Å². The van der Waals surface area contributed by atoms with Crippen molar-refractivity contribution in [2.24, 2.45) is 11.7 Å². The van der Waals surface area contributed by atoms with E-state index in [0.29, 0.717) is 13.0 Å². The van der Waals surface area contributed by atoms with Crippen molar-refractivity contribution in [3.63, 3.8) is 0 Å². The van der Waals surface area contributed by atoms with Crippen LogP contribution in [0.1, 0.15) is 18.4 Å². The molecule has 0 spiro atoms. The van der Waals surface area contributed by atoms with Crippen LogP contribution in [0.25, 0.3) is 0 Å². The topological polar surface area (TPSA) is 55.6 Å². The van der Waals surface area contributed by atoms with Gasteiger partial charge in [-0.3, -0.25) is 4.79 Å². The third-order valence-corrected chi connectivity index (χ3v) is 3.69. The minimum absolute atomic E-state index is 0.105. The first-order chi connectivity index (χ1) is 9.24. The van der Waals surface area contributed by atoms with Crippen molar-refractivity contribution in [1.29, 1.82) is 0 Å². The van der Waals surface area contributed by atoms with Crippen LogP contribution >= 0.6 is 0 Å². The quantitative estimate of drug-likeness (QED) is 0.873. The lowest BCUT2D eigenvalue weighted by molar-refractivity contribution is -0.134. The second-order valence-corrected chi connectivity index (χ2v) is 5.02. The summed E-state index contributed by atoms with van der Waals surface area (Å²) in [6.07, 6.45) is 2.94. The van der Waals surface area contributed by atoms with E-state index < -0.39 is 0 Å². The molecule has 2 N–H and O–H groups in total. The van der Waals surface area contributed by atoms with E-state index in [1.54, 1.807) is 7.11 Å². The Morgan fingerprint density at radius 1 is 1.32 bits per heavy atom. The third kappa shape index (κ3) is 3.47. The van der Waals surface area contributed by atoms with E-state index in [1.165, 1.54) is 0 Å². The van der Waals surface area contributed by atoms with Crippen molar-refractivity contribution in [3.05, 3.63) is 29.8 Å². The van der Waals surface area contributed by atoms with E-state index in [9.17, 15) is 4.79 Å². The van der Waals surface area contributed by atoms with Gasteiger partial charge in [0.2, 0.25) is 5.91 Å². The number of ether oxygens (including phenoxy) is 1. The molecule has 1 heterocycles. The number of rotatable bonds is 5. The molecule has 1 aliphatic heterocycles. The fraction of sp³-hybridized carbons (Fsp3) is 0.533. The fourth-order valence-corrected chi connectivity index (χ4v) is 2.51. The zero-order valence-corrected chi connectivity index (χ0v) is 11.5. The van der Waals surface area contributed by atoms with E-state index >= 15 is 0 Å². The Morgan fingerprint density at radius 3 is 2.47 bits per heavy atom. The van der Waals surface area contributed by atoms with E-state index in [0.717, 1.165) is 37.2 Å². The minimum Gasteiger partial charge on any atom is -0.497 e. The van der Waals surface area contributed by atoms with Crippen LogP contribution in [-0.4, -0.2) is 37.6 Å². The zero-order valence-electron chi connectivity index (χ0n) is 11.5. The summed E-state index contributed by atoms with van der Waals surface area (Å²) in [6.45, 7) is 2.18. The molecule has 19 heavy (non-hydrogen) atoms. The molecule has 2 rings (SSSR count). The van der Waals surface area contributed by atoms with Gasteiger partial charge in [-0.2, -0.15) is 0 Å². The average molecular weight is 262 g/mol. The number of carbonyl (C=O) groups is 1. The summed E-state index contributed by atoms with van der Waals surface area (Å²) >= 11 is 0. The Hall–Kier alpha value is -1.55. The summed E-state index contributed by atoms with van der Waals surface area (Å²) < 4.78 is 5.13. The predicted molar refractivity (Wildman–Crippen MR) is 75.1 cm³/mol. The summed E-state index contributed by atoms with van der Waals surface area (Å²) in [5.74, 6) is 0.932. The van der Waals surface area contributed by atoms with Gasteiger partial charge in [-0.1, -0.05) is 12.1 Å². The van der Waals surface area contributed by atoms with Crippen molar-refractivity contribution in [2.45, 2.75) is 19.3 Å². The molecule has 0 aromatic heterocycles. The van der Waals surface area contributed by atoms with Crippen LogP contribution in [0.2, 0.25) is 0 Å². The number of hydrogen-bond donors (Lipinski definition) is 1. The van der Waals surface area contributed by atoms with Gasteiger partial charge in [0, 0.05) is 19.6 Å². The Bertz CT molecular complexity index is 411. The number of carbonyl (C=O) groups excluding carboxylic acids is 1. The molecule has 4 nitrogen and oxygen atoms in total. The SMILES string of the molecule is COc1ccc(CC(CN)C(=O)N2CCCC2)cc1. The van der Waals surface area contributed by atoms with Gasteiger partial charge in [0.05, 0.1) is 13.0 Å². The molecular formula is C15H22N2O2. The monoisotopic (exact) mass is 262 g/mol. The smallest absolute Gasteiger partial charge is 0.227 e. The summed E-state index contributed by atoms with van der Waals surface area (Å²) in [6, 6.07) is 7.84. The third-order valence-electron chi connectivity index (χ3n) is 3.69. The Morgan fingerprint density at radius 2 is 1.95 bits per heavy atom. The van der Waals surface area contributed by atoms with Gasteiger partial charge in [0.25, 0.3) is 0 Å². The normalized spacial score (nSPS) is 16.4. The second kappa shape index (κ2) is 6.57. The summed E-state index contributed by atoms with van der Waals surface area (Å²) in [4.78, 5) is 14.3. The highest BCUT2D eigenvalue weighted by Gasteiger charge is 2.25. The van der Waals surface area contributed by atoms with E-state index in [-0.39, 0.29) is 11.8 Å². The first-order valence-corrected chi connectivity index (χ1v) is 6.86. The molecule has 1 saturated heterocycles. The maximum absolute atomic E-state index is 12.3. The average Bonchev–Trinajstić information content (AvgIpc) is 2.99. The van der Waals surface area contributed by atoms with Crippen LogP contribution in [0.5, 0.6) is 5.75 Å². The summed E-state index contributed by atoms with van der Waals surface area (Å²) in [7, 11) is 1.65. The van der Waals surface area contributed by atoms with E-state index in [2.05, 4.69) is 0 Å². The molecule has 0 saturated carbocycles. The maximum Gasteiger partial charge on any atom is 0.227 e. The number of amides is 1. The van der Waals surface area contributed by atoms with Gasteiger partial charge >= 0.3 is 0 Å². The van der Waals surface area contributed by atoms with Gasteiger partial charge in [0.15, 0.2) is 0 Å². The van der Waals surface area contributed by atoms with Crippen molar-refractivity contribution in [1.82, 2.24) is 4.90 Å². The van der Waals surface area contributed by atoms with Crippen LogP contribution in [0.15, 0.2) is 24.3 Å². The van der Waals surface area contributed by atoms with E-state index in [1.807, 2.05) is 29.2 Å². The number of likely N-dealkylation sites (tertiary alicyclic amines) is 1. The molecule has 1 atom stereocenters. The molecule has 4 heteroatoms. The summed E-state index contributed by atoms with van der Waals surface area (Å²) in [5, 5.41) is 0. The molecule has 1 amide bonds.